The molecule has 152 valence electrons. The summed E-state index contributed by atoms with van der Waals surface area (Å²) >= 11 is 0. The van der Waals surface area contributed by atoms with Crippen molar-refractivity contribution in [3.8, 4) is 17.2 Å². The number of fused-ring (bicyclic) bond motifs is 1. The van der Waals surface area contributed by atoms with E-state index >= 15 is 0 Å². The number of rotatable bonds is 3. The van der Waals surface area contributed by atoms with Crippen molar-refractivity contribution in [2.24, 2.45) is 0 Å². The van der Waals surface area contributed by atoms with Crippen LogP contribution in [0.3, 0.4) is 0 Å². The van der Waals surface area contributed by atoms with Crippen molar-refractivity contribution >= 4 is 5.78 Å². The van der Waals surface area contributed by atoms with Crippen molar-refractivity contribution in [1.29, 1.82) is 0 Å². The van der Waals surface area contributed by atoms with Gasteiger partial charge in [0.05, 0.1) is 12.7 Å². The molecule has 0 radical (unpaired) electrons. The molecule has 2 aliphatic carbocycles. The number of nitrogens with zero attached hydrogens (tertiary/aromatic N) is 1. The largest absolute Gasteiger partial charge is 0.493 e. The SMILES string of the molecule is COc1ccc2c(c1Oc1ccccc1)[C@]13CCN(C)C(C2)[C@]1(O)CCC(=O)C3. The van der Waals surface area contributed by atoms with Gasteiger partial charge in [-0.25, -0.2) is 0 Å². The molecule has 1 aliphatic heterocycles. The van der Waals surface area contributed by atoms with E-state index in [1.807, 2.05) is 36.4 Å². The smallest absolute Gasteiger partial charge is 0.173 e. The predicted molar refractivity (Wildman–Crippen MR) is 110 cm³/mol. The number of benzene rings is 2. The van der Waals surface area contributed by atoms with E-state index in [1.54, 1.807) is 7.11 Å². The van der Waals surface area contributed by atoms with Gasteiger partial charge in [-0.05, 0) is 56.6 Å². The Morgan fingerprint density at radius 3 is 2.69 bits per heavy atom. The number of hydrogen-bond donors (Lipinski definition) is 1. The highest BCUT2D eigenvalue weighted by atomic mass is 16.5. The molecule has 0 amide bonds. The monoisotopic (exact) mass is 393 g/mol. The zero-order valence-electron chi connectivity index (χ0n) is 17.0. The lowest BCUT2D eigenvalue weighted by Crippen LogP contribution is -2.72. The van der Waals surface area contributed by atoms with Gasteiger partial charge in [0.2, 0.25) is 0 Å². The molecule has 2 aromatic carbocycles. The number of hydrogen-bond acceptors (Lipinski definition) is 5. The maximum absolute atomic E-state index is 12.7. The Bertz CT molecular complexity index is 959. The molecule has 1 heterocycles. The quantitative estimate of drug-likeness (QED) is 0.865. The second-order valence-electron chi connectivity index (χ2n) is 8.72. The summed E-state index contributed by atoms with van der Waals surface area (Å²) in [6.45, 7) is 0.849. The van der Waals surface area contributed by atoms with Crippen molar-refractivity contribution in [3.05, 3.63) is 53.6 Å². The Balaban J connectivity index is 1.76. The molecule has 1 unspecified atom stereocenters. The number of piperidine rings is 1. The zero-order chi connectivity index (χ0) is 20.2. The number of carbonyl (C=O) groups is 1. The molecule has 3 aliphatic rings. The van der Waals surface area contributed by atoms with E-state index in [0.29, 0.717) is 30.8 Å². The van der Waals surface area contributed by atoms with Crippen LogP contribution in [0.2, 0.25) is 0 Å². The molecular weight excluding hydrogens is 366 g/mol. The van der Waals surface area contributed by atoms with Crippen LogP contribution in [0.5, 0.6) is 17.2 Å². The van der Waals surface area contributed by atoms with Crippen molar-refractivity contribution < 1.29 is 19.4 Å². The molecule has 5 rings (SSSR count). The number of likely N-dealkylation sites (tertiary alicyclic amines) is 1. The van der Waals surface area contributed by atoms with Crippen LogP contribution in [0, 0.1) is 0 Å². The third-order valence-electron chi connectivity index (χ3n) is 7.37. The number of aliphatic hydroxyl groups is 1. The third-order valence-corrected chi connectivity index (χ3v) is 7.37. The van der Waals surface area contributed by atoms with Crippen molar-refractivity contribution in [3.63, 3.8) is 0 Å². The van der Waals surface area contributed by atoms with Gasteiger partial charge in [-0.1, -0.05) is 24.3 Å². The van der Waals surface area contributed by atoms with Gasteiger partial charge in [0.25, 0.3) is 0 Å². The summed E-state index contributed by atoms with van der Waals surface area (Å²) in [4.78, 5) is 14.9. The van der Waals surface area contributed by atoms with Gasteiger partial charge in [-0.3, -0.25) is 4.79 Å². The van der Waals surface area contributed by atoms with Gasteiger partial charge < -0.3 is 19.5 Å². The molecular formula is C24H27NO4. The van der Waals surface area contributed by atoms with Gasteiger partial charge in [-0.15, -0.1) is 0 Å². The Hall–Kier alpha value is -2.37. The number of likely N-dealkylation sites (N-methyl/N-ethyl adjacent to an activating group) is 1. The molecule has 0 spiro atoms. The Kier molecular flexibility index (Phi) is 4.23. The van der Waals surface area contributed by atoms with Gasteiger partial charge in [0, 0.05) is 29.9 Å². The minimum absolute atomic E-state index is 0.00909. The second kappa shape index (κ2) is 6.57. The maximum atomic E-state index is 12.7. The summed E-state index contributed by atoms with van der Waals surface area (Å²) in [5.74, 6) is 2.22. The van der Waals surface area contributed by atoms with E-state index in [-0.39, 0.29) is 11.8 Å². The van der Waals surface area contributed by atoms with Crippen LogP contribution in [0.1, 0.15) is 36.8 Å². The van der Waals surface area contributed by atoms with E-state index in [9.17, 15) is 9.90 Å². The molecule has 1 saturated heterocycles. The van der Waals surface area contributed by atoms with E-state index in [2.05, 4.69) is 18.0 Å². The predicted octanol–water partition coefficient (Wildman–Crippen LogP) is 3.47. The molecule has 1 saturated carbocycles. The molecule has 1 N–H and O–H groups in total. The van der Waals surface area contributed by atoms with Crippen LogP contribution < -0.4 is 9.47 Å². The summed E-state index contributed by atoms with van der Waals surface area (Å²) in [7, 11) is 3.72. The number of methoxy groups -OCH3 is 1. The number of para-hydroxylation sites is 1. The fourth-order valence-electron chi connectivity index (χ4n) is 5.96. The first-order valence-corrected chi connectivity index (χ1v) is 10.4. The molecule has 2 fully saturated rings. The van der Waals surface area contributed by atoms with E-state index in [4.69, 9.17) is 9.47 Å². The molecule has 3 atom stereocenters. The fourth-order valence-corrected chi connectivity index (χ4v) is 5.96. The lowest BCUT2D eigenvalue weighted by Gasteiger charge is -2.62. The van der Waals surface area contributed by atoms with Crippen LogP contribution >= 0.6 is 0 Å². The maximum Gasteiger partial charge on any atom is 0.173 e. The molecule has 29 heavy (non-hydrogen) atoms. The summed E-state index contributed by atoms with van der Waals surface area (Å²) in [6, 6.07) is 13.7. The van der Waals surface area contributed by atoms with Crippen LogP contribution in [0.4, 0.5) is 0 Å². The lowest BCUT2D eigenvalue weighted by molar-refractivity contribution is -0.169. The lowest BCUT2D eigenvalue weighted by atomic mass is 9.49. The molecule has 5 nitrogen and oxygen atoms in total. The normalized spacial score (nSPS) is 31.0. The van der Waals surface area contributed by atoms with Crippen LogP contribution in [0.25, 0.3) is 0 Å². The van der Waals surface area contributed by atoms with Crippen LogP contribution in [-0.4, -0.2) is 48.1 Å². The van der Waals surface area contributed by atoms with Gasteiger partial charge in [0.1, 0.15) is 11.5 Å². The molecule has 2 bridgehead atoms. The first-order valence-electron chi connectivity index (χ1n) is 10.4. The number of ketones is 1. The molecule has 2 aromatic rings. The highest BCUT2D eigenvalue weighted by molar-refractivity contribution is 5.83. The van der Waals surface area contributed by atoms with Gasteiger partial charge in [-0.2, -0.15) is 0 Å². The third kappa shape index (κ3) is 2.57. The first-order chi connectivity index (χ1) is 14.0. The minimum atomic E-state index is -0.942. The highest BCUT2D eigenvalue weighted by Crippen LogP contribution is 2.60. The standard InChI is InChI=1S/C24H27NO4/c1-25-13-12-23-15-17(26)10-11-24(23,27)20(25)14-16-8-9-19(28-2)22(21(16)23)29-18-6-4-3-5-7-18/h3-9,20,27H,10-15H2,1-2H3/t20?,23-,24-/m1/s1. The van der Waals surface area contributed by atoms with Crippen LogP contribution in [-0.2, 0) is 16.6 Å². The van der Waals surface area contributed by atoms with E-state index in [0.717, 1.165) is 36.3 Å². The van der Waals surface area contributed by atoms with Crippen molar-refractivity contribution in [1.82, 2.24) is 4.90 Å². The number of Topliss-reactive ketones (excluding diaryl/α,β-unsaturated/α-hetero) is 1. The van der Waals surface area contributed by atoms with Crippen molar-refractivity contribution in [2.75, 3.05) is 20.7 Å². The minimum Gasteiger partial charge on any atom is -0.493 e. The van der Waals surface area contributed by atoms with Crippen molar-refractivity contribution in [2.45, 2.75) is 49.2 Å². The Labute approximate surface area is 171 Å². The molecule has 0 aromatic heterocycles. The first kappa shape index (κ1) is 18.6. The summed E-state index contributed by atoms with van der Waals surface area (Å²) in [5, 5.41) is 12.1. The summed E-state index contributed by atoms with van der Waals surface area (Å²) in [6.07, 6.45) is 2.78. The summed E-state index contributed by atoms with van der Waals surface area (Å²) in [5.41, 5.74) is 0.543. The van der Waals surface area contributed by atoms with Crippen LogP contribution in [0.15, 0.2) is 42.5 Å². The Morgan fingerprint density at radius 2 is 1.93 bits per heavy atom. The highest BCUT2D eigenvalue weighted by Gasteiger charge is 2.65. The fraction of sp³-hybridized carbons (Fsp3) is 0.458. The average molecular weight is 393 g/mol. The van der Waals surface area contributed by atoms with E-state index in [1.165, 1.54) is 0 Å². The van der Waals surface area contributed by atoms with Gasteiger partial charge >= 0.3 is 0 Å². The Morgan fingerprint density at radius 1 is 1.14 bits per heavy atom. The number of ether oxygens (including phenoxy) is 2. The molecule has 5 heteroatoms. The average Bonchev–Trinajstić information content (AvgIpc) is 2.72. The zero-order valence-corrected chi connectivity index (χ0v) is 17.0. The topological polar surface area (TPSA) is 59.0 Å². The van der Waals surface area contributed by atoms with E-state index < -0.39 is 11.0 Å². The van der Waals surface area contributed by atoms with Gasteiger partial charge in [0.15, 0.2) is 11.5 Å². The number of carbonyl (C=O) groups excluding carboxylic acids is 1. The second-order valence-corrected chi connectivity index (χ2v) is 8.72. The summed E-state index contributed by atoms with van der Waals surface area (Å²) < 4.78 is 12.1.